The number of hydrogen-bond donors (Lipinski definition) is 2. The van der Waals surface area contributed by atoms with Crippen molar-refractivity contribution in [3.05, 3.63) is 29.1 Å². The van der Waals surface area contributed by atoms with E-state index in [1.165, 1.54) is 17.4 Å². The summed E-state index contributed by atoms with van der Waals surface area (Å²) in [6.07, 6.45) is 0. The van der Waals surface area contributed by atoms with Gasteiger partial charge in [0.1, 0.15) is 5.75 Å². The van der Waals surface area contributed by atoms with Crippen LogP contribution in [0.4, 0.5) is 0 Å². The first-order valence-electron chi connectivity index (χ1n) is 3.62. The van der Waals surface area contributed by atoms with Crippen molar-refractivity contribution >= 4 is 27.4 Å². The van der Waals surface area contributed by atoms with Crippen LogP contribution in [0, 0.1) is 0 Å². The standard InChI is InChI=1S/C9H6O3S/c10-5-1-2-6-7(9(11)12)4-13-8(6)3-5/h1-4,10H,(H,11,12). The van der Waals surface area contributed by atoms with Gasteiger partial charge in [-0.1, -0.05) is 0 Å². The van der Waals surface area contributed by atoms with E-state index in [1.807, 2.05) is 0 Å². The summed E-state index contributed by atoms with van der Waals surface area (Å²) in [6.45, 7) is 0. The Labute approximate surface area is 77.9 Å². The van der Waals surface area contributed by atoms with E-state index >= 15 is 0 Å². The smallest absolute Gasteiger partial charge is 0.337 e. The van der Waals surface area contributed by atoms with Crippen LogP contribution in [0.25, 0.3) is 10.1 Å². The molecule has 0 aliphatic carbocycles. The summed E-state index contributed by atoms with van der Waals surface area (Å²) < 4.78 is 0.789. The van der Waals surface area contributed by atoms with Gasteiger partial charge in [-0.2, -0.15) is 0 Å². The molecule has 0 atom stereocenters. The Bertz CT molecular complexity index is 473. The van der Waals surface area contributed by atoms with E-state index in [9.17, 15) is 4.79 Å². The summed E-state index contributed by atoms with van der Waals surface area (Å²) in [5, 5.41) is 20.2. The number of aromatic carboxylic acids is 1. The maximum Gasteiger partial charge on any atom is 0.337 e. The molecule has 0 aliphatic heterocycles. The quantitative estimate of drug-likeness (QED) is 0.732. The molecule has 1 aromatic heterocycles. The minimum absolute atomic E-state index is 0.159. The lowest BCUT2D eigenvalue weighted by Gasteiger charge is -1.93. The number of rotatable bonds is 1. The van der Waals surface area contributed by atoms with Crippen LogP contribution in [0.3, 0.4) is 0 Å². The predicted octanol–water partition coefficient (Wildman–Crippen LogP) is 2.31. The molecule has 0 amide bonds. The Morgan fingerprint density at radius 3 is 2.85 bits per heavy atom. The zero-order chi connectivity index (χ0) is 9.42. The average molecular weight is 194 g/mol. The Morgan fingerprint density at radius 1 is 1.38 bits per heavy atom. The fourth-order valence-electron chi connectivity index (χ4n) is 1.18. The van der Waals surface area contributed by atoms with Crippen molar-refractivity contribution in [1.82, 2.24) is 0 Å². The van der Waals surface area contributed by atoms with Crippen LogP contribution in [0.15, 0.2) is 23.6 Å². The average Bonchev–Trinajstić information content (AvgIpc) is 2.46. The molecule has 4 heteroatoms. The van der Waals surface area contributed by atoms with Crippen molar-refractivity contribution in [1.29, 1.82) is 0 Å². The fraction of sp³-hybridized carbons (Fsp3) is 0. The molecule has 66 valence electrons. The van der Waals surface area contributed by atoms with Gasteiger partial charge in [0, 0.05) is 15.5 Å². The summed E-state index contributed by atoms with van der Waals surface area (Å²) in [4.78, 5) is 10.7. The van der Waals surface area contributed by atoms with Gasteiger partial charge in [0.05, 0.1) is 5.56 Å². The molecule has 1 aromatic carbocycles. The number of hydrogen-bond acceptors (Lipinski definition) is 3. The first-order chi connectivity index (χ1) is 6.18. The van der Waals surface area contributed by atoms with Crippen LogP contribution in [-0.4, -0.2) is 16.2 Å². The SMILES string of the molecule is O=C(O)c1csc2cc(O)ccc12. The third-order valence-corrected chi connectivity index (χ3v) is 2.73. The van der Waals surface area contributed by atoms with Crippen LogP contribution in [0.2, 0.25) is 0 Å². The number of phenols is 1. The van der Waals surface area contributed by atoms with Gasteiger partial charge in [0.25, 0.3) is 0 Å². The van der Waals surface area contributed by atoms with Gasteiger partial charge in [-0.15, -0.1) is 11.3 Å². The molecule has 0 aliphatic rings. The molecule has 13 heavy (non-hydrogen) atoms. The van der Waals surface area contributed by atoms with Crippen molar-refractivity contribution in [2.75, 3.05) is 0 Å². The fourth-order valence-corrected chi connectivity index (χ4v) is 2.15. The zero-order valence-electron chi connectivity index (χ0n) is 6.52. The minimum Gasteiger partial charge on any atom is -0.508 e. The van der Waals surface area contributed by atoms with Gasteiger partial charge >= 0.3 is 5.97 Å². The first kappa shape index (κ1) is 8.07. The zero-order valence-corrected chi connectivity index (χ0v) is 7.34. The second kappa shape index (κ2) is 2.74. The highest BCUT2D eigenvalue weighted by Crippen LogP contribution is 2.28. The molecular formula is C9H6O3S. The molecule has 0 bridgehead atoms. The Balaban J connectivity index is 2.76. The van der Waals surface area contributed by atoms with Crippen LogP contribution in [0.1, 0.15) is 10.4 Å². The van der Waals surface area contributed by atoms with E-state index in [4.69, 9.17) is 10.2 Å². The van der Waals surface area contributed by atoms with Gasteiger partial charge in [-0.05, 0) is 18.2 Å². The highest BCUT2D eigenvalue weighted by molar-refractivity contribution is 7.17. The molecule has 0 radical (unpaired) electrons. The first-order valence-corrected chi connectivity index (χ1v) is 4.50. The van der Waals surface area contributed by atoms with Crippen LogP contribution in [-0.2, 0) is 0 Å². The van der Waals surface area contributed by atoms with E-state index in [1.54, 1.807) is 17.5 Å². The summed E-state index contributed by atoms with van der Waals surface area (Å²) in [5.41, 5.74) is 0.292. The summed E-state index contributed by atoms with van der Waals surface area (Å²) >= 11 is 1.32. The van der Waals surface area contributed by atoms with E-state index in [0.29, 0.717) is 10.9 Å². The monoisotopic (exact) mass is 194 g/mol. The highest BCUT2D eigenvalue weighted by Gasteiger charge is 2.10. The lowest BCUT2D eigenvalue weighted by molar-refractivity contribution is 0.0699. The summed E-state index contributed by atoms with van der Waals surface area (Å²) in [5.74, 6) is -0.775. The lowest BCUT2D eigenvalue weighted by Crippen LogP contribution is -1.92. The summed E-state index contributed by atoms with van der Waals surface area (Å²) in [6, 6.07) is 4.67. The van der Waals surface area contributed by atoms with Crippen LogP contribution in [0.5, 0.6) is 5.75 Å². The maximum absolute atomic E-state index is 10.7. The number of aromatic hydroxyl groups is 1. The number of phenolic OH excluding ortho intramolecular Hbond substituents is 1. The summed E-state index contributed by atoms with van der Waals surface area (Å²) in [7, 11) is 0. The number of carboxylic acids is 1. The van der Waals surface area contributed by atoms with E-state index < -0.39 is 5.97 Å². The maximum atomic E-state index is 10.7. The number of carbonyl (C=O) groups is 1. The molecular weight excluding hydrogens is 188 g/mol. The van der Waals surface area contributed by atoms with E-state index in [2.05, 4.69) is 0 Å². The van der Waals surface area contributed by atoms with Crippen molar-refractivity contribution in [3.63, 3.8) is 0 Å². The Morgan fingerprint density at radius 2 is 2.15 bits per heavy atom. The molecule has 2 N–H and O–H groups in total. The molecule has 2 aromatic rings. The van der Waals surface area contributed by atoms with Gasteiger partial charge in [0.2, 0.25) is 0 Å². The molecule has 0 fully saturated rings. The number of fused-ring (bicyclic) bond motifs is 1. The van der Waals surface area contributed by atoms with E-state index in [0.717, 1.165) is 4.70 Å². The number of thiophene rings is 1. The van der Waals surface area contributed by atoms with Crippen molar-refractivity contribution in [3.8, 4) is 5.75 Å². The van der Waals surface area contributed by atoms with E-state index in [-0.39, 0.29) is 5.75 Å². The normalized spacial score (nSPS) is 10.5. The second-order valence-electron chi connectivity index (χ2n) is 2.63. The van der Waals surface area contributed by atoms with Crippen molar-refractivity contribution in [2.24, 2.45) is 0 Å². The third-order valence-electron chi connectivity index (χ3n) is 1.79. The molecule has 3 nitrogen and oxygen atoms in total. The topological polar surface area (TPSA) is 57.5 Å². The van der Waals surface area contributed by atoms with Crippen molar-refractivity contribution < 1.29 is 15.0 Å². The number of benzene rings is 1. The van der Waals surface area contributed by atoms with Crippen LogP contribution >= 0.6 is 11.3 Å². The second-order valence-corrected chi connectivity index (χ2v) is 3.55. The van der Waals surface area contributed by atoms with Crippen LogP contribution < -0.4 is 0 Å². The lowest BCUT2D eigenvalue weighted by atomic mass is 10.2. The minimum atomic E-state index is -0.933. The molecule has 0 saturated carbocycles. The van der Waals surface area contributed by atoms with Gasteiger partial charge in [-0.3, -0.25) is 0 Å². The molecule has 0 spiro atoms. The van der Waals surface area contributed by atoms with Crippen molar-refractivity contribution in [2.45, 2.75) is 0 Å². The molecule has 0 saturated heterocycles. The largest absolute Gasteiger partial charge is 0.508 e. The number of carboxylic acid groups (broad SMARTS) is 1. The third kappa shape index (κ3) is 1.25. The molecule has 0 unspecified atom stereocenters. The molecule has 1 heterocycles. The van der Waals surface area contributed by atoms with Gasteiger partial charge in [0.15, 0.2) is 0 Å². The highest BCUT2D eigenvalue weighted by atomic mass is 32.1. The Hall–Kier alpha value is -1.55. The predicted molar refractivity (Wildman–Crippen MR) is 50.4 cm³/mol. The van der Waals surface area contributed by atoms with Gasteiger partial charge in [-0.25, -0.2) is 4.79 Å². The Kier molecular flexibility index (Phi) is 1.70. The molecule has 2 rings (SSSR count). The van der Waals surface area contributed by atoms with Gasteiger partial charge < -0.3 is 10.2 Å².